The Morgan fingerprint density at radius 3 is 2.38 bits per heavy atom. The van der Waals surface area contributed by atoms with Crippen molar-refractivity contribution < 1.29 is 4.39 Å². The molecule has 0 amide bonds. The van der Waals surface area contributed by atoms with Crippen LogP contribution in [0.25, 0.3) is 0 Å². The van der Waals surface area contributed by atoms with Gasteiger partial charge in [0.05, 0.1) is 5.84 Å². The summed E-state index contributed by atoms with van der Waals surface area (Å²) in [5.74, 6) is -0.0803. The summed E-state index contributed by atoms with van der Waals surface area (Å²) in [5.41, 5.74) is 7.29. The summed E-state index contributed by atoms with van der Waals surface area (Å²) < 4.78 is 13.8. The van der Waals surface area contributed by atoms with E-state index in [1.54, 1.807) is 12.1 Å². The zero-order valence-electron chi connectivity index (χ0n) is 12.1. The molecule has 0 aromatic heterocycles. The number of nitrogens with zero attached hydrogens (tertiary/aromatic N) is 1. The summed E-state index contributed by atoms with van der Waals surface area (Å²) in [6.45, 7) is 0.472. The van der Waals surface area contributed by atoms with Crippen LogP contribution < -0.4 is 5.73 Å². The van der Waals surface area contributed by atoms with Gasteiger partial charge in [0.1, 0.15) is 5.82 Å². The highest BCUT2D eigenvalue weighted by molar-refractivity contribution is 5.77. The van der Waals surface area contributed by atoms with Crippen molar-refractivity contribution >= 4 is 5.84 Å². The van der Waals surface area contributed by atoms with Gasteiger partial charge < -0.3 is 5.73 Å². The van der Waals surface area contributed by atoms with Crippen molar-refractivity contribution in [3.8, 4) is 0 Å². The third-order valence-corrected chi connectivity index (χ3v) is 3.51. The first-order valence-electron chi connectivity index (χ1n) is 6.89. The van der Waals surface area contributed by atoms with Crippen LogP contribution in [0.1, 0.15) is 23.6 Å². The second-order valence-electron chi connectivity index (χ2n) is 5.16. The van der Waals surface area contributed by atoms with Crippen LogP contribution >= 0.6 is 0 Å². The van der Waals surface area contributed by atoms with Crippen LogP contribution in [0.4, 0.5) is 4.39 Å². The van der Waals surface area contributed by atoms with E-state index in [1.807, 2.05) is 48.3 Å². The number of nitrogens with one attached hydrogen (secondary N) is 1. The quantitative estimate of drug-likeness (QED) is 0.632. The van der Waals surface area contributed by atoms with Crippen molar-refractivity contribution in [2.45, 2.75) is 19.0 Å². The van der Waals surface area contributed by atoms with E-state index in [1.165, 1.54) is 6.07 Å². The van der Waals surface area contributed by atoms with Crippen molar-refractivity contribution in [3.63, 3.8) is 0 Å². The molecule has 0 heterocycles. The number of hydrogen-bond acceptors (Lipinski definition) is 2. The average molecular weight is 285 g/mol. The fraction of sp³-hybridized carbons (Fsp3) is 0.235. The first-order valence-corrected chi connectivity index (χ1v) is 6.89. The molecule has 0 fully saturated rings. The third-order valence-electron chi connectivity index (χ3n) is 3.51. The van der Waals surface area contributed by atoms with Crippen molar-refractivity contribution in [2.75, 3.05) is 7.05 Å². The molecular formula is C17H20FN3. The average Bonchev–Trinajstić information content (AvgIpc) is 2.48. The van der Waals surface area contributed by atoms with Crippen LogP contribution in [-0.2, 0) is 6.54 Å². The van der Waals surface area contributed by atoms with Gasteiger partial charge in [-0.2, -0.15) is 0 Å². The van der Waals surface area contributed by atoms with Crippen LogP contribution in [0.15, 0.2) is 54.6 Å². The number of benzene rings is 2. The van der Waals surface area contributed by atoms with E-state index in [-0.39, 0.29) is 17.7 Å². The molecular weight excluding hydrogens is 265 g/mol. The highest BCUT2D eigenvalue weighted by Gasteiger charge is 2.19. The molecule has 110 valence electrons. The molecule has 21 heavy (non-hydrogen) atoms. The summed E-state index contributed by atoms with van der Waals surface area (Å²) in [5, 5.41) is 7.57. The lowest BCUT2D eigenvalue weighted by Crippen LogP contribution is -2.28. The molecule has 2 rings (SSSR count). The predicted molar refractivity (Wildman–Crippen MR) is 83.6 cm³/mol. The first kappa shape index (κ1) is 15.2. The highest BCUT2D eigenvalue weighted by Crippen LogP contribution is 2.25. The van der Waals surface area contributed by atoms with E-state index < -0.39 is 0 Å². The van der Waals surface area contributed by atoms with Crippen molar-refractivity contribution in [1.82, 2.24) is 4.90 Å². The number of hydrogen-bond donors (Lipinski definition) is 2. The van der Waals surface area contributed by atoms with Crippen molar-refractivity contribution in [1.29, 1.82) is 5.41 Å². The first-order chi connectivity index (χ1) is 10.1. The Kier molecular flexibility index (Phi) is 5.06. The topological polar surface area (TPSA) is 53.1 Å². The molecule has 2 aromatic rings. The summed E-state index contributed by atoms with van der Waals surface area (Å²) in [6, 6.07) is 16.6. The molecule has 3 nitrogen and oxygen atoms in total. The summed E-state index contributed by atoms with van der Waals surface area (Å²) in [6.07, 6.45) is 0.426. The fourth-order valence-electron chi connectivity index (χ4n) is 2.42. The largest absolute Gasteiger partial charge is 0.388 e. The van der Waals surface area contributed by atoms with Gasteiger partial charge in [-0.25, -0.2) is 4.39 Å². The van der Waals surface area contributed by atoms with Crippen LogP contribution in [0.5, 0.6) is 0 Å². The minimum absolute atomic E-state index is 0.0386. The molecule has 0 saturated heterocycles. The van der Waals surface area contributed by atoms with Gasteiger partial charge in [-0.05, 0) is 18.7 Å². The predicted octanol–water partition coefficient (Wildman–Crippen LogP) is 3.32. The maximum Gasteiger partial charge on any atom is 0.127 e. The smallest absolute Gasteiger partial charge is 0.127 e. The van der Waals surface area contributed by atoms with E-state index in [9.17, 15) is 4.39 Å². The normalized spacial score (nSPS) is 12.3. The summed E-state index contributed by atoms with van der Waals surface area (Å²) >= 11 is 0. The number of nitrogens with two attached hydrogens (primary N) is 1. The van der Waals surface area contributed by atoms with E-state index in [4.69, 9.17) is 11.1 Å². The van der Waals surface area contributed by atoms with Gasteiger partial charge in [0.25, 0.3) is 0 Å². The van der Waals surface area contributed by atoms with Gasteiger partial charge in [-0.15, -0.1) is 0 Å². The Morgan fingerprint density at radius 1 is 1.14 bits per heavy atom. The Morgan fingerprint density at radius 2 is 1.76 bits per heavy atom. The zero-order chi connectivity index (χ0) is 15.2. The van der Waals surface area contributed by atoms with E-state index in [0.29, 0.717) is 18.5 Å². The Hall–Kier alpha value is -2.20. The van der Waals surface area contributed by atoms with Gasteiger partial charge in [0, 0.05) is 24.6 Å². The standard InChI is InChI=1S/C17H20FN3/c1-21(12-14-9-5-6-10-15(14)18)16(11-17(19)20)13-7-3-2-4-8-13/h2-10,16H,11-12H2,1H3,(H3,19,20). The van der Waals surface area contributed by atoms with Gasteiger partial charge in [0.15, 0.2) is 0 Å². The Balaban J connectivity index is 2.20. The van der Waals surface area contributed by atoms with Gasteiger partial charge in [-0.3, -0.25) is 10.3 Å². The van der Waals surface area contributed by atoms with Crippen LogP contribution in [0, 0.1) is 11.2 Å². The van der Waals surface area contributed by atoms with Gasteiger partial charge >= 0.3 is 0 Å². The summed E-state index contributed by atoms with van der Waals surface area (Å²) in [4.78, 5) is 2.02. The Labute approximate surface area is 124 Å². The second-order valence-corrected chi connectivity index (χ2v) is 5.16. The molecule has 1 atom stereocenters. The van der Waals surface area contributed by atoms with E-state index in [2.05, 4.69) is 0 Å². The fourth-order valence-corrected chi connectivity index (χ4v) is 2.42. The SMILES string of the molecule is CN(Cc1ccccc1F)C(CC(=N)N)c1ccccc1. The maximum absolute atomic E-state index is 13.8. The number of amidine groups is 1. The monoisotopic (exact) mass is 285 g/mol. The van der Waals surface area contributed by atoms with Crippen LogP contribution in [0.2, 0.25) is 0 Å². The molecule has 2 aromatic carbocycles. The van der Waals surface area contributed by atoms with Gasteiger partial charge in [-0.1, -0.05) is 48.5 Å². The van der Waals surface area contributed by atoms with Crippen molar-refractivity contribution in [3.05, 3.63) is 71.5 Å². The molecule has 0 aliphatic rings. The molecule has 0 bridgehead atoms. The maximum atomic E-state index is 13.8. The molecule has 0 aliphatic carbocycles. The van der Waals surface area contributed by atoms with Gasteiger partial charge in [0.2, 0.25) is 0 Å². The van der Waals surface area contributed by atoms with E-state index >= 15 is 0 Å². The van der Waals surface area contributed by atoms with Crippen molar-refractivity contribution in [2.24, 2.45) is 5.73 Å². The lowest BCUT2D eigenvalue weighted by atomic mass is 10.0. The van der Waals surface area contributed by atoms with Crippen LogP contribution in [0.3, 0.4) is 0 Å². The lowest BCUT2D eigenvalue weighted by molar-refractivity contribution is 0.238. The highest BCUT2D eigenvalue weighted by atomic mass is 19.1. The molecule has 4 heteroatoms. The minimum Gasteiger partial charge on any atom is -0.388 e. The molecule has 0 spiro atoms. The Bertz CT molecular complexity index is 598. The van der Waals surface area contributed by atoms with E-state index in [0.717, 1.165) is 5.56 Å². The molecule has 0 aliphatic heterocycles. The molecule has 0 radical (unpaired) electrons. The number of rotatable bonds is 6. The third kappa shape index (κ3) is 4.13. The molecule has 3 N–H and O–H groups in total. The number of halogens is 1. The lowest BCUT2D eigenvalue weighted by Gasteiger charge is -2.28. The molecule has 0 saturated carbocycles. The zero-order valence-corrected chi connectivity index (χ0v) is 12.1. The summed E-state index contributed by atoms with van der Waals surface area (Å²) in [7, 11) is 1.92. The van der Waals surface area contributed by atoms with Crippen LogP contribution in [-0.4, -0.2) is 17.8 Å². The molecule has 1 unspecified atom stereocenters. The minimum atomic E-state index is -0.209. The second kappa shape index (κ2) is 6.99.